The Morgan fingerprint density at radius 1 is 1.55 bits per heavy atom. The van der Waals surface area contributed by atoms with Gasteiger partial charge >= 0.3 is 0 Å². The SMILES string of the molecule is CC(C)Oc1cc[c]c(O)c1. The van der Waals surface area contributed by atoms with E-state index in [1.807, 2.05) is 13.8 Å². The zero-order valence-corrected chi connectivity index (χ0v) is 6.66. The van der Waals surface area contributed by atoms with Crippen molar-refractivity contribution in [2.45, 2.75) is 20.0 Å². The van der Waals surface area contributed by atoms with Crippen molar-refractivity contribution < 1.29 is 9.84 Å². The molecule has 1 N–H and O–H groups in total. The molecule has 0 atom stereocenters. The van der Waals surface area contributed by atoms with Crippen LogP contribution < -0.4 is 4.74 Å². The number of phenols is 1. The Morgan fingerprint density at radius 3 is 2.82 bits per heavy atom. The Morgan fingerprint density at radius 2 is 2.27 bits per heavy atom. The van der Waals surface area contributed by atoms with E-state index >= 15 is 0 Å². The van der Waals surface area contributed by atoms with Crippen LogP contribution in [-0.4, -0.2) is 11.2 Å². The van der Waals surface area contributed by atoms with Gasteiger partial charge in [-0.05, 0) is 26.0 Å². The molecule has 0 aliphatic carbocycles. The highest BCUT2D eigenvalue weighted by molar-refractivity contribution is 5.30. The van der Waals surface area contributed by atoms with Crippen LogP contribution >= 0.6 is 0 Å². The predicted octanol–water partition coefficient (Wildman–Crippen LogP) is 1.98. The molecule has 11 heavy (non-hydrogen) atoms. The molecular formula is C9H11O2. The Hall–Kier alpha value is -1.18. The van der Waals surface area contributed by atoms with Crippen molar-refractivity contribution in [2.75, 3.05) is 0 Å². The zero-order chi connectivity index (χ0) is 8.27. The van der Waals surface area contributed by atoms with Gasteiger partial charge in [-0.2, -0.15) is 0 Å². The molecular weight excluding hydrogens is 140 g/mol. The Bertz CT molecular complexity index is 231. The van der Waals surface area contributed by atoms with E-state index in [0.717, 1.165) is 0 Å². The van der Waals surface area contributed by atoms with Gasteiger partial charge in [0, 0.05) is 12.1 Å². The van der Waals surface area contributed by atoms with E-state index in [1.165, 1.54) is 0 Å². The lowest BCUT2D eigenvalue weighted by Gasteiger charge is -2.08. The molecule has 1 rings (SSSR count). The molecule has 0 aliphatic heterocycles. The van der Waals surface area contributed by atoms with Gasteiger partial charge in [0.2, 0.25) is 0 Å². The summed E-state index contributed by atoms with van der Waals surface area (Å²) in [5.74, 6) is 0.791. The molecule has 0 heterocycles. The van der Waals surface area contributed by atoms with Crippen molar-refractivity contribution in [3.05, 3.63) is 24.3 Å². The van der Waals surface area contributed by atoms with Crippen LogP contribution in [0.15, 0.2) is 18.2 Å². The second-order valence-corrected chi connectivity index (χ2v) is 2.58. The fourth-order valence-corrected chi connectivity index (χ4v) is 0.779. The van der Waals surface area contributed by atoms with E-state index in [4.69, 9.17) is 9.84 Å². The van der Waals surface area contributed by atoms with Gasteiger partial charge in [-0.15, -0.1) is 0 Å². The smallest absolute Gasteiger partial charge is 0.127 e. The van der Waals surface area contributed by atoms with Crippen molar-refractivity contribution in [1.29, 1.82) is 0 Å². The maximum Gasteiger partial charge on any atom is 0.127 e. The second-order valence-electron chi connectivity index (χ2n) is 2.58. The van der Waals surface area contributed by atoms with Crippen molar-refractivity contribution in [1.82, 2.24) is 0 Å². The molecule has 0 amide bonds. The lowest BCUT2D eigenvalue weighted by atomic mass is 10.3. The highest BCUT2D eigenvalue weighted by Crippen LogP contribution is 2.17. The Balaban J connectivity index is 2.71. The fourth-order valence-electron chi connectivity index (χ4n) is 0.779. The maximum absolute atomic E-state index is 8.99. The quantitative estimate of drug-likeness (QED) is 0.700. The second kappa shape index (κ2) is 3.28. The average Bonchev–Trinajstić information content (AvgIpc) is 1.85. The summed E-state index contributed by atoms with van der Waals surface area (Å²) in [4.78, 5) is 0. The van der Waals surface area contributed by atoms with Crippen LogP contribution in [0.4, 0.5) is 0 Å². The van der Waals surface area contributed by atoms with Gasteiger partial charge in [0.05, 0.1) is 6.10 Å². The minimum Gasteiger partial charge on any atom is -0.507 e. The predicted molar refractivity (Wildman–Crippen MR) is 42.7 cm³/mol. The largest absolute Gasteiger partial charge is 0.507 e. The third-order valence-corrected chi connectivity index (χ3v) is 1.13. The number of aromatic hydroxyl groups is 1. The van der Waals surface area contributed by atoms with Crippen LogP contribution in [-0.2, 0) is 0 Å². The summed E-state index contributed by atoms with van der Waals surface area (Å²) < 4.78 is 5.32. The van der Waals surface area contributed by atoms with Crippen LogP contribution in [0.3, 0.4) is 0 Å². The lowest BCUT2D eigenvalue weighted by molar-refractivity contribution is 0.241. The average molecular weight is 151 g/mol. The molecule has 2 nitrogen and oxygen atoms in total. The van der Waals surface area contributed by atoms with E-state index in [1.54, 1.807) is 18.2 Å². The van der Waals surface area contributed by atoms with Gasteiger partial charge in [-0.3, -0.25) is 0 Å². The molecule has 0 aromatic heterocycles. The van der Waals surface area contributed by atoms with Gasteiger partial charge in [-0.25, -0.2) is 0 Å². The molecule has 0 bridgehead atoms. The van der Waals surface area contributed by atoms with Gasteiger partial charge in [0.1, 0.15) is 11.5 Å². The monoisotopic (exact) mass is 151 g/mol. The lowest BCUT2D eigenvalue weighted by Crippen LogP contribution is -2.04. The highest BCUT2D eigenvalue weighted by atomic mass is 16.5. The van der Waals surface area contributed by atoms with Crippen LogP contribution in [0, 0.1) is 6.07 Å². The summed E-state index contributed by atoms with van der Waals surface area (Å²) in [6.07, 6.45) is 0.136. The molecule has 0 spiro atoms. The summed E-state index contributed by atoms with van der Waals surface area (Å²) in [6.45, 7) is 3.88. The van der Waals surface area contributed by atoms with Crippen LogP contribution in [0.2, 0.25) is 0 Å². The minimum absolute atomic E-state index is 0.114. The Labute approximate surface area is 66.4 Å². The van der Waals surface area contributed by atoms with Gasteiger partial charge in [0.25, 0.3) is 0 Å². The third kappa shape index (κ3) is 2.50. The summed E-state index contributed by atoms with van der Waals surface area (Å²) in [5, 5.41) is 8.99. The van der Waals surface area contributed by atoms with E-state index in [2.05, 4.69) is 6.07 Å². The molecule has 59 valence electrons. The molecule has 1 aromatic rings. The number of rotatable bonds is 2. The first-order valence-corrected chi connectivity index (χ1v) is 3.56. The first-order chi connectivity index (χ1) is 5.18. The van der Waals surface area contributed by atoms with Crippen LogP contribution in [0.5, 0.6) is 11.5 Å². The van der Waals surface area contributed by atoms with E-state index in [0.29, 0.717) is 5.75 Å². The third-order valence-electron chi connectivity index (χ3n) is 1.13. The first-order valence-electron chi connectivity index (χ1n) is 3.56. The molecule has 0 saturated carbocycles. The van der Waals surface area contributed by atoms with E-state index in [-0.39, 0.29) is 11.9 Å². The summed E-state index contributed by atoms with van der Waals surface area (Å²) in [7, 11) is 0. The van der Waals surface area contributed by atoms with Crippen LogP contribution in [0.25, 0.3) is 0 Å². The molecule has 2 heteroatoms. The fraction of sp³-hybridized carbons (Fsp3) is 0.333. The normalized spacial score (nSPS) is 10.1. The van der Waals surface area contributed by atoms with Gasteiger partial charge < -0.3 is 9.84 Å². The number of benzene rings is 1. The Kier molecular flexibility index (Phi) is 2.36. The first kappa shape index (κ1) is 7.92. The molecule has 0 unspecified atom stereocenters. The number of hydrogen-bond donors (Lipinski definition) is 1. The molecule has 0 fully saturated rings. The van der Waals surface area contributed by atoms with Gasteiger partial charge in [0.15, 0.2) is 0 Å². The minimum atomic E-state index is 0.114. The van der Waals surface area contributed by atoms with Crippen molar-refractivity contribution in [3.63, 3.8) is 0 Å². The highest BCUT2D eigenvalue weighted by Gasteiger charge is 1.96. The molecule has 0 aliphatic rings. The number of hydrogen-bond acceptors (Lipinski definition) is 2. The van der Waals surface area contributed by atoms with Crippen molar-refractivity contribution in [3.8, 4) is 11.5 Å². The maximum atomic E-state index is 8.99. The number of phenolic OH excluding ortho intramolecular Hbond substituents is 1. The number of ether oxygens (including phenoxy) is 1. The van der Waals surface area contributed by atoms with Crippen molar-refractivity contribution in [2.24, 2.45) is 0 Å². The summed E-state index contributed by atoms with van der Waals surface area (Å²) in [5.41, 5.74) is 0. The summed E-state index contributed by atoms with van der Waals surface area (Å²) >= 11 is 0. The van der Waals surface area contributed by atoms with Crippen molar-refractivity contribution >= 4 is 0 Å². The van der Waals surface area contributed by atoms with Gasteiger partial charge in [-0.1, -0.05) is 0 Å². The zero-order valence-electron chi connectivity index (χ0n) is 6.66. The topological polar surface area (TPSA) is 29.5 Å². The molecule has 1 radical (unpaired) electrons. The van der Waals surface area contributed by atoms with E-state index in [9.17, 15) is 0 Å². The standard InChI is InChI=1S/C9H11O2/c1-7(2)11-9-5-3-4-8(10)6-9/h3,5-7,10H,1-2H3. The molecule has 0 saturated heterocycles. The van der Waals surface area contributed by atoms with E-state index < -0.39 is 0 Å². The van der Waals surface area contributed by atoms with Crippen LogP contribution in [0.1, 0.15) is 13.8 Å². The summed E-state index contributed by atoms with van der Waals surface area (Å²) in [6, 6.07) is 7.56. The molecule has 1 aromatic carbocycles.